The van der Waals surface area contributed by atoms with Crippen LogP contribution in [0.2, 0.25) is 0 Å². The third-order valence-electron chi connectivity index (χ3n) is 5.70. The van der Waals surface area contributed by atoms with Gasteiger partial charge in [-0.25, -0.2) is 9.59 Å². The topological polar surface area (TPSA) is 94.1 Å². The van der Waals surface area contributed by atoms with Gasteiger partial charge < -0.3 is 24.6 Å². The first kappa shape index (κ1) is 21.3. The number of aromatic carboxylic acids is 1. The van der Waals surface area contributed by atoms with Crippen molar-refractivity contribution in [1.82, 2.24) is 5.32 Å². The standard InChI is InChI=1S/C22H31NO6/c1-12-11-16(19(24)25)13(2)18-17(12)27-22(6,28-18)14-7-9-15(10-8-14)23-20(26)29-21(3,4)5/h11,14-15H,7-10H2,1-6H3,(H,23,26)(H,24,25)/t14-,15-,22-/m0/s1. The van der Waals surface area contributed by atoms with Gasteiger partial charge in [0.2, 0.25) is 0 Å². The molecule has 0 unspecified atom stereocenters. The number of fused-ring (bicyclic) bond motifs is 1. The van der Waals surface area contributed by atoms with E-state index in [1.807, 2.05) is 34.6 Å². The van der Waals surface area contributed by atoms with Crippen LogP contribution in [0.5, 0.6) is 11.5 Å². The van der Waals surface area contributed by atoms with Crippen molar-refractivity contribution in [3.63, 3.8) is 0 Å². The van der Waals surface area contributed by atoms with E-state index in [4.69, 9.17) is 14.2 Å². The molecule has 0 aromatic heterocycles. The van der Waals surface area contributed by atoms with Gasteiger partial charge in [0.25, 0.3) is 5.79 Å². The summed E-state index contributed by atoms with van der Waals surface area (Å²) >= 11 is 0. The molecular weight excluding hydrogens is 374 g/mol. The first-order chi connectivity index (χ1) is 13.4. The summed E-state index contributed by atoms with van der Waals surface area (Å²) in [6.45, 7) is 11.0. The van der Waals surface area contributed by atoms with Gasteiger partial charge in [-0.15, -0.1) is 0 Å². The normalized spacial score (nSPS) is 26.1. The second-order valence-corrected chi connectivity index (χ2v) is 9.24. The summed E-state index contributed by atoms with van der Waals surface area (Å²) in [7, 11) is 0. The third-order valence-corrected chi connectivity index (χ3v) is 5.70. The molecule has 3 rings (SSSR count). The molecule has 1 saturated carbocycles. The monoisotopic (exact) mass is 405 g/mol. The van der Waals surface area contributed by atoms with Crippen LogP contribution in [0.4, 0.5) is 4.79 Å². The number of amides is 1. The Hall–Kier alpha value is -2.44. The van der Waals surface area contributed by atoms with Gasteiger partial charge in [0, 0.05) is 24.4 Å². The maximum atomic E-state index is 12.0. The molecule has 1 fully saturated rings. The Morgan fingerprint density at radius 3 is 2.28 bits per heavy atom. The van der Waals surface area contributed by atoms with Crippen molar-refractivity contribution in [2.45, 2.75) is 84.7 Å². The summed E-state index contributed by atoms with van der Waals surface area (Å²) in [5, 5.41) is 12.4. The zero-order valence-electron chi connectivity index (χ0n) is 18.0. The molecule has 0 radical (unpaired) electrons. The average Bonchev–Trinajstić information content (AvgIpc) is 2.96. The molecule has 7 nitrogen and oxygen atoms in total. The van der Waals surface area contributed by atoms with E-state index in [9.17, 15) is 14.7 Å². The van der Waals surface area contributed by atoms with Crippen LogP contribution in [-0.2, 0) is 4.74 Å². The molecule has 1 aliphatic carbocycles. The van der Waals surface area contributed by atoms with E-state index in [1.165, 1.54) is 0 Å². The Bertz CT molecular complexity index is 820. The lowest BCUT2D eigenvalue weighted by atomic mass is 9.81. The molecule has 0 saturated heterocycles. The Morgan fingerprint density at radius 1 is 1.14 bits per heavy atom. The lowest BCUT2D eigenvalue weighted by molar-refractivity contribution is -0.121. The molecule has 2 N–H and O–H groups in total. The fraction of sp³-hybridized carbons (Fsp3) is 0.636. The fourth-order valence-electron chi connectivity index (χ4n) is 4.16. The number of hydrogen-bond donors (Lipinski definition) is 2. The van der Waals surface area contributed by atoms with Gasteiger partial charge in [-0.3, -0.25) is 0 Å². The quantitative estimate of drug-likeness (QED) is 0.765. The van der Waals surface area contributed by atoms with Gasteiger partial charge in [0.15, 0.2) is 11.5 Å². The zero-order chi connectivity index (χ0) is 21.6. The number of rotatable bonds is 3. The van der Waals surface area contributed by atoms with Gasteiger partial charge >= 0.3 is 12.1 Å². The van der Waals surface area contributed by atoms with Gasteiger partial charge in [0.05, 0.1) is 5.56 Å². The van der Waals surface area contributed by atoms with E-state index in [-0.39, 0.29) is 23.6 Å². The minimum Gasteiger partial charge on any atom is -0.478 e. The lowest BCUT2D eigenvalue weighted by Gasteiger charge is -2.37. The Balaban J connectivity index is 1.66. The number of carboxylic acid groups (broad SMARTS) is 1. The molecule has 1 heterocycles. The number of carboxylic acids is 1. The number of carbonyl (C=O) groups is 2. The van der Waals surface area contributed by atoms with Crippen LogP contribution in [0.15, 0.2) is 6.07 Å². The van der Waals surface area contributed by atoms with Crippen LogP contribution < -0.4 is 14.8 Å². The molecule has 1 atom stereocenters. The van der Waals surface area contributed by atoms with Crippen molar-refractivity contribution in [3.05, 3.63) is 22.8 Å². The predicted octanol–water partition coefficient (Wildman–Crippen LogP) is 4.57. The van der Waals surface area contributed by atoms with E-state index >= 15 is 0 Å². The van der Waals surface area contributed by atoms with Crippen molar-refractivity contribution < 1.29 is 28.9 Å². The minimum atomic E-state index is -0.973. The van der Waals surface area contributed by atoms with Crippen molar-refractivity contribution >= 4 is 12.1 Å². The van der Waals surface area contributed by atoms with E-state index in [0.29, 0.717) is 17.1 Å². The minimum absolute atomic E-state index is 0.0653. The fourth-order valence-corrected chi connectivity index (χ4v) is 4.16. The molecule has 1 aliphatic heterocycles. The van der Waals surface area contributed by atoms with E-state index in [1.54, 1.807) is 13.0 Å². The van der Waals surface area contributed by atoms with Gasteiger partial charge in [0.1, 0.15) is 5.60 Å². The van der Waals surface area contributed by atoms with Crippen molar-refractivity contribution in [1.29, 1.82) is 0 Å². The second-order valence-electron chi connectivity index (χ2n) is 9.24. The zero-order valence-corrected chi connectivity index (χ0v) is 18.0. The summed E-state index contributed by atoms with van der Waals surface area (Å²) in [5.41, 5.74) is 1.06. The summed E-state index contributed by atoms with van der Waals surface area (Å²) < 4.78 is 17.8. The molecule has 29 heavy (non-hydrogen) atoms. The van der Waals surface area contributed by atoms with Crippen LogP contribution in [0.3, 0.4) is 0 Å². The summed E-state index contributed by atoms with van der Waals surface area (Å²) in [5.74, 6) is -0.521. The van der Waals surface area contributed by atoms with Crippen molar-refractivity contribution in [2.24, 2.45) is 5.92 Å². The highest BCUT2D eigenvalue weighted by Crippen LogP contribution is 2.49. The van der Waals surface area contributed by atoms with Crippen LogP contribution in [0, 0.1) is 19.8 Å². The highest BCUT2D eigenvalue weighted by molar-refractivity contribution is 5.91. The van der Waals surface area contributed by atoms with E-state index in [0.717, 1.165) is 31.2 Å². The number of ether oxygens (including phenoxy) is 3. The number of carbonyl (C=O) groups excluding carboxylic acids is 1. The number of hydrogen-bond acceptors (Lipinski definition) is 5. The summed E-state index contributed by atoms with van der Waals surface area (Å²) in [6.07, 6.45) is 2.88. The van der Waals surface area contributed by atoms with Gasteiger partial charge in [-0.05, 0) is 71.9 Å². The van der Waals surface area contributed by atoms with Crippen LogP contribution in [0.25, 0.3) is 0 Å². The molecule has 1 aromatic carbocycles. The highest BCUT2D eigenvalue weighted by atomic mass is 16.7. The number of benzene rings is 1. The predicted molar refractivity (Wildman–Crippen MR) is 108 cm³/mol. The molecule has 0 spiro atoms. The summed E-state index contributed by atoms with van der Waals surface area (Å²) in [6, 6.07) is 1.70. The van der Waals surface area contributed by atoms with E-state index < -0.39 is 17.4 Å². The SMILES string of the molecule is Cc1cc(C(=O)O)c(C)c2c1O[C@](C)([C@H]1CC[C@H](NC(=O)OC(C)(C)C)CC1)O2. The van der Waals surface area contributed by atoms with Crippen LogP contribution in [-0.4, -0.2) is 34.6 Å². The van der Waals surface area contributed by atoms with Crippen LogP contribution in [0.1, 0.15) is 74.9 Å². The Kier molecular flexibility index (Phi) is 5.45. The average molecular weight is 405 g/mol. The summed E-state index contributed by atoms with van der Waals surface area (Å²) in [4.78, 5) is 23.5. The molecule has 2 aliphatic rings. The lowest BCUT2D eigenvalue weighted by Crippen LogP contribution is -2.48. The van der Waals surface area contributed by atoms with Crippen LogP contribution >= 0.6 is 0 Å². The number of alkyl carbamates (subject to hydrolysis) is 1. The first-order valence-corrected chi connectivity index (χ1v) is 10.1. The molecule has 160 valence electrons. The maximum absolute atomic E-state index is 12.0. The number of aryl methyl sites for hydroxylation is 1. The third kappa shape index (κ3) is 4.43. The highest BCUT2D eigenvalue weighted by Gasteiger charge is 2.47. The maximum Gasteiger partial charge on any atom is 0.407 e. The molecule has 1 aromatic rings. The molecular formula is C22H31NO6. The van der Waals surface area contributed by atoms with Crippen molar-refractivity contribution in [3.8, 4) is 11.5 Å². The van der Waals surface area contributed by atoms with E-state index in [2.05, 4.69) is 5.32 Å². The smallest absolute Gasteiger partial charge is 0.407 e. The first-order valence-electron chi connectivity index (χ1n) is 10.1. The van der Waals surface area contributed by atoms with Gasteiger partial charge in [-0.1, -0.05) is 0 Å². The molecule has 7 heteroatoms. The second kappa shape index (κ2) is 7.43. The largest absolute Gasteiger partial charge is 0.478 e. The number of nitrogens with one attached hydrogen (secondary N) is 1. The molecule has 0 bridgehead atoms. The Morgan fingerprint density at radius 2 is 1.72 bits per heavy atom. The van der Waals surface area contributed by atoms with Gasteiger partial charge in [-0.2, -0.15) is 0 Å². The van der Waals surface area contributed by atoms with Crippen molar-refractivity contribution in [2.75, 3.05) is 0 Å². The Labute approximate surface area is 171 Å². The molecule has 1 amide bonds.